The summed E-state index contributed by atoms with van der Waals surface area (Å²) in [5.41, 5.74) is -1.16. The van der Waals surface area contributed by atoms with E-state index >= 15 is 0 Å². The smallest absolute Gasteiger partial charge is 0.349 e. The second kappa shape index (κ2) is 11.0. The van der Waals surface area contributed by atoms with E-state index in [9.17, 15) is 23.6 Å². The van der Waals surface area contributed by atoms with Crippen LogP contribution in [-0.4, -0.2) is 36.4 Å². The lowest BCUT2D eigenvalue weighted by molar-refractivity contribution is -0.156. The Bertz CT molecular complexity index is 1690. The van der Waals surface area contributed by atoms with Crippen LogP contribution in [0.15, 0.2) is 54.6 Å². The zero-order valence-electron chi connectivity index (χ0n) is 24.1. The second-order valence-corrected chi connectivity index (χ2v) is 12.1. The molecule has 1 N–H and O–H groups in total. The van der Waals surface area contributed by atoms with E-state index in [1.165, 1.54) is 46.1 Å². The van der Waals surface area contributed by atoms with Crippen molar-refractivity contribution in [1.29, 1.82) is 0 Å². The van der Waals surface area contributed by atoms with Crippen molar-refractivity contribution in [2.45, 2.75) is 57.1 Å². The molecule has 3 aromatic carbocycles. The normalized spacial score (nSPS) is 21.4. The average Bonchev–Trinajstić information content (AvgIpc) is 3.19. The van der Waals surface area contributed by atoms with Gasteiger partial charge in [-0.15, -0.1) is 0 Å². The number of rotatable bonds is 5. The van der Waals surface area contributed by atoms with Crippen molar-refractivity contribution >= 4 is 52.6 Å². The van der Waals surface area contributed by atoms with Gasteiger partial charge in [-0.1, -0.05) is 35.3 Å². The molecular formula is C32H29Cl2FN2O6. The third-order valence-electron chi connectivity index (χ3n) is 8.16. The molecule has 2 aliphatic rings. The second-order valence-electron chi connectivity index (χ2n) is 11.2. The van der Waals surface area contributed by atoms with Crippen molar-refractivity contribution < 1.29 is 33.0 Å². The fraction of sp³-hybridized carbons (Fsp3) is 0.312. The Hall–Kier alpha value is -3.95. The van der Waals surface area contributed by atoms with Crippen LogP contribution in [0.1, 0.15) is 61.4 Å². The van der Waals surface area contributed by atoms with E-state index in [1.54, 1.807) is 43.3 Å². The van der Waals surface area contributed by atoms with Crippen LogP contribution in [0.25, 0.3) is 0 Å². The molecule has 0 radical (unpaired) electrons. The molecule has 11 heteroatoms. The topological polar surface area (TPSA) is 102 Å². The summed E-state index contributed by atoms with van der Waals surface area (Å²) in [4.78, 5) is 55.1. The number of anilines is 1. The molecule has 8 nitrogen and oxygen atoms in total. The highest BCUT2D eigenvalue weighted by Crippen LogP contribution is 2.60. The molecule has 3 aromatic rings. The van der Waals surface area contributed by atoms with Gasteiger partial charge in [-0.3, -0.25) is 14.4 Å². The predicted octanol–water partition coefficient (Wildman–Crippen LogP) is 5.95. The number of piperidine rings is 1. The quantitative estimate of drug-likeness (QED) is 0.351. The third-order valence-corrected chi connectivity index (χ3v) is 8.63. The van der Waals surface area contributed by atoms with Gasteiger partial charge in [0.15, 0.2) is 5.60 Å². The summed E-state index contributed by atoms with van der Waals surface area (Å²) in [6, 6.07) is 12.5. The molecule has 0 bridgehead atoms. The number of hydrogen-bond donors (Lipinski definition) is 1. The number of imide groups is 1. The number of esters is 1. The Balaban J connectivity index is 1.87. The lowest BCUT2D eigenvalue weighted by Crippen LogP contribution is -2.59. The summed E-state index contributed by atoms with van der Waals surface area (Å²) < 4.78 is 25.9. The van der Waals surface area contributed by atoms with Crippen LogP contribution >= 0.6 is 23.2 Å². The molecule has 0 aromatic heterocycles. The number of amides is 3. The van der Waals surface area contributed by atoms with Crippen LogP contribution in [0.5, 0.6) is 5.75 Å². The Morgan fingerprint density at radius 2 is 1.70 bits per heavy atom. The molecule has 0 saturated carbocycles. The van der Waals surface area contributed by atoms with Crippen molar-refractivity contribution in [3.8, 4) is 5.75 Å². The molecule has 1 unspecified atom stereocenters. The number of nitrogens with zero attached hydrogens (tertiary/aromatic N) is 1. The lowest BCUT2D eigenvalue weighted by atomic mass is 9.58. The number of carbonyl (C=O) groups excluding carboxylic acids is 4. The summed E-state index contributed by atoms with van der Waals surface area (Å²) in [7, 11) is 1.23. The number of ether oxygens (including phenoxy) is 2. The first-order valence-electron chi connectivity index (χ1n) is 13.5. The van der Waals surface area contributed by atoms with E-state index in [0.717, 1.165) is 4.90 Å². The van der Waals surface area contributed by atoms with Gasteiger partial charge in [-0.25, -0.2) is 14.1 Å². The maximum atomic E-state index is 14.9. The van der Waals surface area contributed by atoms with Gasteiger partial charge in [0.2, 0.25) is 17.7 Å². The molecule has 224 valence electrons. The summed E-state index contributed by atoms with van der Waals surface area (Å²) in [6.07, 6.45) is -0.222. The van der Waals surface area contributed by atoms with Crippen molar-refractivity contribution in [2.75, 3.05) is 12.0 Å². The Morgan fingerprint density at radius 1 is 1.02 bits per heavy atom. The van der Waals surface area contributed by atoms with Gasteiger partial charge < -0.3 is 14.8 Å². The molecular weight excluding hydrogens is 598 g/mol. The van der Waals surface area contributed by atoms with Gasteiger partial charge in [-0.05, 0) is 79.9 Å². The number of carbonyl (C=O) groups is 4. The Morgan fingerprint density at radius 3 is 2.37 bits per heavy atom. The largest absolute Gasteiger partial charge is 0.476 e. The summed E-state index contributed by atoms with van der Waals surface area (Å²) in [5, 5.41) is 3.51. The molecule has 3 atom stereocenters. The van der Waals surface area contributed by atoms with Crippen LogP contribution in [0.4, 0.5) is 10.1 Å². The average molecular weight is 627 g/mol. The van der Waals surface area contributed by atoms with Crippen LogP contribution in [0.2, 0.25) is 10.0 Å². The van der Waals surface area contributed by atoms with Gasteiger partial charge >= 0.3 is 5.97 Å². The molecule has 1 fully saturated rings. The van der Waals surface area contributed by atoms with Crippen LogP contribution in [0.3, 0.4) is 0 Å². The number of aryl methyl sites for hydroxylation is 1. The van der Waals surface area contributed by atoms with Gasteiger partial charge in [0.25, 0.3) is 0 Å². The van der Waals surface area contributed by atoms with Crippen molar-refractivity contribution in [3.05, 3.63) is 92.7 Å². The first-order chi connectivity index (χ1) is 20.2. The van der Waals surface area contributed by atoms with Gasteiger partial charge in [0.05, 0.1) is 18.8 Å². The highest BCUT2D eigenvalue weighted by atomic mass is 35.5. The van der Waals surface area contributed by atoms with Crippen LogP contribution < -0.4 is 15.0 Å². The molecule has 3 amide bonds. The summed E-state index contributed by atoms with van der Waals surface area (Å²) >= 11 is 12.9. The van der Waals surface area contributed by atoms with Crippen LogP contribution in [-0.2, 0) is 29.3 Å². The maximum absolute atomic E-state index is 14.9. The number of fused-ring (bicyclic) bond motifs is 2. The van der Waals surface area contributed by atoms with E-state index in [1.807, 2.05) is 0 Å². The molecule has 1 spiro atoms. The Kier molecular flexibility index (Phi) is 7.77. The minimum absolute atomic E-state index is 0.179. The van der Waals surface area contributed by atoms with Crippen molar-refractivity contribution in [1.82, 2.24) is 5.32 Å². The highest BCUT2D eigenvalue weighted by Gasteiger charge is 2.64. The van der Waals surface area contributed by atoms with E-state index in [4.69, 9.17) is 32.7 Å². The van der Waals surface area contributed by atoms with Gasteiger partial charge in [0, 0.05) is 34.9 Å². The van der Waals surface area contributed by atoms with E-state index in [-0.39, 0.29) is 27.9 Å². The van der Waals surface area contributed by atoms with E-state index < -0.39 is 52.5 Å². The standard InChI is InChI=1S/C32H29Cl2FN2O6/c1-16-6-9-20(35)14-21(16)28-32(23-10-7-19(34)13-25(23)37(17(2)38)29(32)40)24(15-27(39)36-28)22-12-18(33)8-11-26(22)43-31(3,4)30(41)42-5/h6-14,24,28H,15H2,1-5H3,(H,36,39)/t24-,28?,32-/m1/s1. The SMILES string of the molecule is COC(=O)C(C)(C)Oc1ccc(Cl)cc1[C@H]1CC(=O)NC(c2cc(F)ccc2C)[C@]12C(=O)N(C(C)=O)c1cc(Cl)ccc12. The molecule has 2 aliphatic heterocycles. The predicted molar refractivity (Wildman–Crippen MR) is 159 cm³/mol. The highest BCUT2D eigenvalue weighted by molar-refractivity contribution is 6.32. The molecule has 5 rings (SSSR count). The zero-order valence-corrected chi connectivity index (χ0v) is 25.6. The monoisotopic (exact) mass is 626 g/mol. The molecule has 1 saturated heterocycles. The number of hydrogen-bond acceptors (Lipinski definition) is 6. The number of benzene rings is 3. The maximum Gasteiger partial charge on any atom is 0.349 e. The zero-order chi connectivity index (χ0) is 31.4. The van der Waals surface area contributed by atoms with E-state index in [0.29, 0.717) is 22.3 Å². The number of nitrogens with one attached hydrogen (secondary N) is 1. The van der Waals surface area contributed by atoms with Crippen LogP contribution in [0, 0.1) is 12.7 Å². The first-order valence-corrected chi connectivity index (χ1v) is 14.3. The third kappa shape index (κ3) is 4.94. The van der Waals surface area contributed by atoms with Crippen molar-refractivity contribution in [3.63, 3.8) is 0 Å². The van der Waals surface area contributed by atoms with Gasteiger partial charge in [0.1, 0.15) is 17.0 Å². The fourth-order valence-electron chi connectivity index (χ4n) is 6.31. The van der Waals surface area contributed by atoms with Crippen molar-refractivity contribution in [2.24, 2.45) is 0 Å². The minimum Gasteiger partial charge on any atom is -0.476 e. The van der Waals surface area contributed by atoms with Gasteiger partial charge in [-0.2, -0.15) is 0 Å². The molecule has 2 heterocycles. The number of methoxy groups -OCH3 is 1. The lowest BCUT2D eigenvalue weighted by Gasteiger charge is -2.47. The molecule has 43 heavy (non-hydrogen) atoms. The summed E-state index contributed by atoms with van der Waals surface area (Å²) in [5.74, 6) is -3.65. The Labute approximate surface area is 258 Å². The first kappa shape index (κ1) is 30.5. The minimum atomic E-state index is -1.68. The fourth-order valence-corrected chi connectivity index (χ4v) is 6.65. The molecule has 0 aliphatic carbocycles. The number of halogens is 3. The van der Waals surface area contributed by atoms with E-state index in [2.05, 4.69) is 5.32 Å². The summed E-state index contributed by atoms with van der Waals surface area (Å²) in [6.45, 7) is 6.05.